The minimum absolute atomic E-state index is 0.0123. The fourth-order valence-corrected chi connectivity index (χ4v) is 1.77. The van der Waals surface area contributed by atoms with Crippen LogP contribution in [0.3, 0.4) is 0 Å². The first-order valence-electron chi connectivity index (χ1n) is 5.47. The highest BCUT2D eigenvalue weighted by atomic mass is 16.4. The maximum Gasteiger partial charge on any atom is 0.354 e. The van der Waals surface area contributed by atoms with Gasteiger partial charge in [-0.15, -0.1) is 0 Å². The molecule has 0 saturated carbocycles. The lowest BCUT2D eigenvalue weighted by atomic mass is 10.2. The van der Waals surface area contributed by atoms with Crippen molar-refractivity contribution < 1.29 is 14.7 Å². The lowest BCUT2D eigenvalue weighted by Gasteiger charge is -2.03. The number of hydrogen-bond donors (Lipinski definition) is 2. The standard InChI is InChI=1S/C11H13N5O3/c1-6-8(5-15(2)14-6)13-10(17)7-4-12-16(3)9(7)11(18)19/h4-5H,1-3H3,(H,13,17)(H,18,19). The zero-order chi connectivity index (χ0) is 14.2. The van der Waals surface area contributed by atoms with Gasteiger partial charge in [0, 0.05) is 20.3 Å². The minimum Gasteiger partial charge on any atom is -0.477 e. The zero-order valence-electron chi connectivity index (χ0n) is 10.7. The summed E-state index contributed by atoms with van der Waals surface area (Å²) in [6.45, 7) is 1.75. The average Bonchev–Trinajstić information content (AvgIpc) is 2.82. The molecule has 0 aliphatic heterocycles. The highest BCUT2D eigenvalue weighted by Crippen LogP contribution is 2.15. The molecular weight excluding hydrogens is 250 g/mol. The van der Waals surface area contributed by atoms with Crippen LogP contribution >= 0.6 is 0 Å². The van der Waals surface area contributed by atoms with Crippen LogP contribution in [0, 0.1) is 6.92 Å². The van der Waals surface area contributed by atoms with Gasteiger partial charge < -0.3 is 10.4 Å². The molecule has 0 unspecified atom stereocenters. The van der Waals surface area contributed by atoms with Crippen LogP contribution in [-0.2, 0) is 14.1 Å². The number of carboxylic acid groups (broad SMARTS) is 1. The Hall–Kier alpha value is -2.64. The van der Waals surface area contributed by atoms with Gasteiger partial charge in [0.15, 0.2) is 5.69 Å². The summed E-state index contributed by atoms with van der Waals surface area (Å²) in [4.78, 5) is 23.1. The van der Waals surface area contributed by atoms with Crippen molar-refractivity contribution in [2.75, 3.05) is 5.32 Å². The first-order chi connectivity index (χ1) is 8.90. The van der Waals surface area contributed by atoms with E-state index in [4.69, 9.17) is 5.11 Å². The van der Waals surface area contributed by atoms with Crippen molar-refractivity contribution in [2.24, 2.45) is 14.1 Å². The van der Waals surface area contributed by atoms with Crippen molar-refractivity contribution in [2.45, 2.75) is 6.92 Å². The van der Waals surface area contributed by atoms with Gasteiger partial charge in [0.1, 0.15) is 0 Å². The molecule has 0 aromatic carbocycles. The fraction of sp³-hybridized carbons (Fsp3) is 0.273. The number of carbonyl (C=O) groups is 2. The van der Waals surface area contributed by atoms with Gasteiger partial charge in [0.25, 0.3) is 5.91 Å². The molecule has 2 heterocycles. The summed E-state index contributed by atoms with van der Waals surface area (Å²) in [6, 6.07) is 0. The van der Waals surface area contributed by atoms with E-state index < -0.39 is 11.9 Å². The molecule has 0 fully saturated rings. The monoisotopic (exact) mass is 263 g/mol. The summed E-state index contributed by atoms with van der Waals surface area (Å²) < 4.78 is 2.71. The molecule has 2 aromatic rings. The van der Waals surface area contributed by atoms with Gasteiger partial charge in [-0.25, -0.2) is 4.79 Å². The van der Waals surface area contributed by atoms with Crippen LogP contribution in [0.5, 0.6) is 0 Å². The Morgan fingerprint density at radius 2 is 2.05 bits per heavy atom. The molecule has 100 valence electrons. The van der Waals surface area contributed by atoms with Gasteiger partial charge in [-0.2, -0.15) is 10.2 Å². The smallest absolute Gasteiger partial charge is 0.354 e. The second kappa shape index (κ2) is 4.56. The second-order valence-corrected chi connectivity index (χ2v) is 4.09. The predicted molar refractivity (Wildman–Crippen MR) is 66.1 cm³/mol. The summed E-state index contributed by atoms with van der Waals surface area (Å²) >= 11 is 0. The van der Waals surface area contributed by atoms with Gasteiger partial charge in [-0.05, 0) is 6.92 Å². The van der Waals surface area contributed by atoms with Crippen molar-refractivity contribution >= 4 is 17.6 Å². The molecule has 0 bridgehead atoms. The van der Waals surface area contributed by atoms with Crippen LogP contribution in [-0.4, -0.2) is 36.5 Å². The molecule has 0 radical (unpaired) electrons. The molecule has 1 amide bonds. The summed E-state index contributed by atoms with van der Waals surface area (Å²) in [5.74, 6) is -1.73. The van der Waals surface area contributed by atoms with E-state index in [0.717, 1.165) is 4.68 Å². The molecule has 0 saturated heterocycles. The van der Waals surface area contributed by atoms with E-state index in [1.165, 1.54) is 13.2 Å². The highest BCUT2D eigenvalue weighted by Gasteiger charge is 2.22. The maximum atomic E-state index is 12.0. The third-order valence-electron chi connectivity index (χ3n) is 2.65. The molecule has 0 aliphatic rings. The molecule has 2 rings (SSSR count). The molecule has 19 heavy (non-hydrogen) atoms. The number of hydrogen-bond acceptors (Lipinski definition) is 4. The van der Waals surface area contributed by atoms with Crippen molar-refractivity contribution in [3.05, 3.63) is 29.3 Å². The average molecular weight is 263 g/mol. The largest absolute Gasteiger partial charge is 0.477 e. The number of nitrogens with zero attached hydrogens (tertiary/aromatic N) is 4. The first-order valence-corrected chi connectivity index (χ1v) is 5.47. The van der Waals surface area contributed by atoms with Gasteiger partial charge in [-0.3, -0.25) is 14.2 Å². The Morgan fingerprint density at radius 1 is 1.37 bits per heavy atom. The number of carboxylic acids is 1. The van der Waals surface area contributed by atoms with Gasteiger partial charge in [0.05, 0.1) is 23.1 Å². The number of aromatic nitrogens is 4. The Kier molecular flexibility index (Phi) is 3.07. The zero-order valence-corrected chi connectivity index (χ0v) is 10.7. The molecule has 0 aliphatic carbocycles. The third-order valence-corrected chi connectivity index (χ3v) is 2.65. The summed E-state index contributed by atoms with van der Waals surface area (Å²) in [6.07, 6.45) is 2.87. The maximum absolute atomic E-state index is 12.0. The number of aryl methyl sites for hydroxylation is 3. The lowest BCUT2D eigenvalue weighted by Crippen LogP contribution is -2.17. The quantitative estimate of drug-likeness (QED) is 0.835. The van der Waals surface area contributed by atoms with Crippen LogP contribution in [0.25, 0.3) is 0 Å². The summed E-state index contributed by atoms with van der Waals surface area (Å²) in [7, 11) is 3.20. The van der Waals surface area contributed by atoms with Crippen molar-refractivity contribution in [1.82, 2.24) is 19.6 Å². The van der Waals surface area contributed by atoms with E-state index in [1.54, 1.807) is 24.9 Å². The van der Waals surface area contributed by atoms with Crippen LogP contribution < -0.4 is 5.32 Å². The summed E-state index contributed by atoms with van der Waals surface area (Å²) in [5, 5.41) is 19.5. The molecule has 0 atom stereocenters. The van der Waals surface area contributed by atoms with Gasteiger partial charge >= 0.3 is 5.97 Å². The molecule has 8 heteroatoms. The Labute approximate surface area is 108 Å². The van der Waals surface area contributed by atoms with Crippen LogP contribution in [0.2, 0.25) is 0 Å². The number of amides is 1. The predicted octanol–water partition coefficient (Wildman–Crippen LogP) is 0.413. The highest BCUT2D eigenvalue weighted by molar-refractivity contribution is 6.10. The van der Waals surface area contributed by atoms with E-state index >= 15 is 0 Å². The van der Waals surface area contributed by atoms with E-state index in [9.17, 15) is 9.59 Å². The summed E-state index contributed by atoms with van der Waals surface area (Å²) in [5.41, 5.74) is 1.04. The molecule has 2 N–H and O–H groups in total. The van der Waals surface area contributed by atoms with E-state index in [-0.39, 0.29) is 11.3 Å². The first kappa shape index (κ1) is 12.8. The molecular formula is C11H13N5O3. The topological polar surface area (TPSA) is 102 Å². The number of carbonyl (C=O) groups excluding carboxylic acids is 1. The van der Waals surface area contributed by atoms with Crippen LogP contribution in [0.1, 0.15) is 26.5 Å². The SMILES string of the molecule is Cc1nn(C)cc1NC(=O)c1cnn(C)c1C(=O)O. The number of anilines is 1. The molecule has 2 aromatic heterocycles. The minimum atomic E-state index is -1.20. The van der Waals surface area contributed by atoms with Crippen molar-refractivity contribution in [3.8, 4) is 0 Å². The van der Waals surface area contributed by atoms with E-state index in [0.29, 0.717) is 11.4 Å². The van der Waals surface area contributed by atoms with Gasteiger partial charge in [0.2, 0.25) is 0 Å². The van der Waals surface area contributed by atoms with Crippen molar-refractivity contribution in [3.63, 3.8) is 0 Å². The second-order valence-electron chi connectivity index (χ2n) is 4.09. The Balaban J connectivity index is 2.31. The van der Waals surface area contributed by atoms with E-state index in [1.807, 2.05) is 0 Å². The van der Waals surface area contributed by atoms with Crippen LogP contribution in [0.15, 0.2) is 12.4 Å². The Morgan fingerprint density at radius 3 is 2.58 bits per heavy atom. The third kappa shape index (κ3) is 2.32. The van der Waals surface area contributed by atoms with Crippen molar-refractivity contribution in [1.29, 1.82) is 0 Å². The lowest BCUT2D eigenvalue weighted by molar-refractivity contribution is 0.0680. The molecule has 8 nitrogen and oxygen atoms in total. The van der Waals surface area contributed by atoms with Gasteiger partial charge in [-0.1, -0.05) is 0 Å². The normalized spacial score (nSPS) is 10.5. The number of aromatic carboxylic acids is 1. The number of nitrogens with one attached hydrogen (secondary N) is 1. The van der Waals surface area contributed by atoms with E-state index in [2.05, 4.69) is 15.5 Å². The fourth-order valence-electron chi connectivity index (χ4n) is 1.77. The Bertz CT molecular complexity index is 655. The molecule has 0 spiro atoms. The number of rotatable bonds is 3. The van der Waals surface area contributed by atoms with Crippen LogP contribution in [0.4, 0.5) is 5.69 Å².